The van der Waals surface area contributed by atoms with Crippen molar-refractivity contribution in [2.45, 2.75) is 25.7 Å². The van der Waals surface area contributed by atoms with Gasteiger partial charge in [-0.15, -0.1) is 0 Å². The summed E-state index contributed by atoms with van der Waals surface area (Å²) in [5.41, 5.74) is 0. The number of thioether (sulfide) groups is 1. The minimum Gasteiger partial charge on any atom is -0.298 e. The Hall–Kier alpha value is 0.0200. The van der Waals surface area contributed by atoms with Crippen molar-refractivity contribution in [3.05, 3.63) is 0 Å². The van der Waals surface area contributed by atoms with E-state index in [4.69, 9.17) is 0 Å². The molecule has 1 nitrogen and oxygen atoms in total. The average Bonchev–Trinajstić information content (AvgIpc) is 2.77. The molecular formula is C11H16OS. The van der Waals surface area contributed by atoms with Crippen molar-refractivity contribution in [2.24, 2.45) is 23.7 Å². The fourth-order valence-electron chi connectivity index (χ4n) is 3.64. The van der Waals surface area contributed by atoms with Crippen molar-refractivity contribution in [3.63, 3.8) is 0 Å². The Labute approximate surface area is 83.7 Å². The van der Waals surface area contributed by atoms with Gasteiger partial charge in [-0.3, -0.25) is 4.79 Å². The van der Waals surface area contributed by atoms with Gasteiger partial charge in [-0.05, 0) is 37.0 Å². The summed E-state index contributed by atoms with van der Waals surface area (Å²) in [6.45, 7) is 0. The lowest BCUT2D eigenvalue weighted by atomic mass is 9.79. The predicted octanol–water partition coefficient (Wildman–Crippen LogP) is 2.35. The first-order chi connectivity index (χ1) is 6.34. The van der Waals surface area contributed by atoms with Crippen molar-refractivity contribution < 1.29 is 4.79 Å². The van der Waals surface area contributed by atoms with E-state index < -0.39 is 0 Å². The van der Waals surface area contributed by atoms with E-state index in [9.17, 15) is 4.79 Å². The van der Waals surface area contributed by atoms with Gasteiger partial charge >= 0.3 is 0 Å². The summed E-state index contributed by atoms with van der Waals surface area (Å²) in [5.74, 6) is 5.67. The van der Waals surface area contributed by atoms with Crippen LogP contribution in [-0.2, 0) is 4.79 Å². The van der Waals surface area contributed by atoms with Crippen LogP contribution in [0.1, 0.15) is 25.7 Å². The first kappa shape index (κ1) is 8.34. The second-order valence-electron chi connectivity index (χ2n) is 4.93. The molecule has 2 heteroatoms. The summed E-state index contributed by atoms with van der Waals surface area (Å²) in [7, 11) is 0. The number of carbonyl (C=O) groups is 1. The van der Waals surface area contributed by atoms with E-state index in [-0.39, 0.29) is 0 Å². The molecule has 0 aromatic carbocycles. The Kier molecular flexibility index (Phi) is 1.93. The first-order valence-electron chi connectivity index (χ1n) is 5.45. The van der Waals surface area contributed by atoms with Gasteiger partial charge in [0.2, 0.25) is 0 Å². The Morgan fingerprint density at radius 2 is 2.15 bits per heavy atom. The zero-order chi connectivity index (χ0) is 8.84. The van der Waals surface area contributed by atoms with Gasteiger partial charge in [0.05, 0.1) is 5.75 Å². The van der Waals surface area contributed by atoms with Crippen molar-refractivity contribution in [1.82, 2.24) is 0 Å². The van der Waals surface area contributed by atoms with E-state index in [1.807, 2.05) is 11.8 Å². The van der Waals surface area contributed by atoms with Crippen molar-refractivity contribution in [2.75, 3.05) is 11.5 Å². The van der Waals surface area contributed by atoms with Crippen LogP contribution in [0.4, 0.5) is 0 Å². The maximum absolute atomic E-state index is 11.6. The number of fused-ring (bicyclic) bond motifs is 2. The van der Waals surface area contributed by atoms with Crippen LogP contribution < -0.4 is 0 Å². The third kappa shape index (κ3) is 1.25. The minimum atomic E-state index is 0.459. The molecule has 2 bridgehead atoms. The van der Waals surface area contributed by atoms with Gasteiger partial charge < -0.3 is 0 Å². The van der Waals surface area contributed by atoms with E-state index in [0.717, 1.165) is 29.3 Å². The molecule has 0 spiro atoms. The van der Waals surface area contributed by atoms with Gasteiger partial charge in [-0.25, -0.2) is 0 Å². The largest absolute Gasteiger partial charge is 0.298 e. The number of ketones is 1. The maximum atomic E-state index is 11.6. The summed E-state index contributed by atoms with van der Waals surface area (Å²) in [6, 6.07) is 0. The first-order valence-corrected chi connectivity index (χ1v) is 6.60. The number of hydrogen-bond acceptors (Lipinski definition) is 2. The zero-order valence-corrected chi connectivity index (χ0v) is 8.69. The lowest BCUT2D eigenvalue weighted by Crippen LogP contribution is -2.26. The second-order valence-corrected chi connectivity index (χ2v) is 5.96. The summed E-state index contributed by atoms with van der Waals surface area (Å²) in [4.78, 5) is 11.6. The van der Waals surface area contributed by atoms with Crippen molar-refractivity contribution >= 4 is 17.5 Å². The van der Waals surface area contributed by atoms with E-state index in [1.54, 1.807) is 0 Å². The second kappa shape index (κ2) is 3.01. The summed E-state index contributed by atoms with van der Waals surface area (Å²) >= 11 is 1.85. The number of rotatable bonds is 1. The Morgan fingerprint density at radius 1 is 1.23 bits per heavy atom. The number of hydrogen-bond donors (Lipinski definition) is 0. The highest BCUT2D eigenvalue weighted by Crippen LogP contribution is 2.52. The average molecular weight is 196 g/mol. The van der Waals surface area contributed by atoms with Gasteiger partial charge in [-0.2, -0.15) is 11.8 Å². The molecule has 4 unspecified atom stereocenters. The van der Waals surface area contributed by atoms with Crippen LogP contribution in [0.3, 0.4) is 0 Å². The standard InChI is InChI=1S/C11H16OS/c12-11-6-13-5-10(11)9-4-7-1-2-8(9)3-7/h7-10H,1-6H2. The molecule has 3 aliphatic rings. The highest BCUT2D eigenvalue weighted by molar-refractivity contribution is 8.00. The summed E-state index contributed by atoms with van der Waals surface area (Å²) in [6.07, 6.45) is 5.69. The molecule has 0 aromatic heterocycles. The molecule has 13 heavy (non-hydrogen) atoms. The van der Waals surface area contributed by atoms with Crippen LogP contribution in [-0.4, -0.2) is 17.3 Å². The Bertz CT molecular complexity index is 238. The summed E-state index contributed by atoms with van der Waals surface area (Å²) in [5, 5.41) is 0. The van der Waals surface area contributed by atoms with Crippen molar-refractivity contribution in [1.29, 1.82) is 0 Å². The quantitative estimate of drug-likeness (QED) is 0.640. The number of carbonyl (C=O) groups excluding carboxylic acids is 1. The molecule has 72 valence electrons. The molecule has 4 atom stereocenters. The van der Waals surface area contributed by atoms with E-state index >= 15 is 0 Å². The Balaban J connectivity index is 1.75. The van der Waals surface area contributed by atoms with Gasteiger partial charge in [0, 0.05) is 11.7 Å². The van der Waals surface area contributed by atoms with E-state index in [1.165, 1.54) is 25.7 Å². The Morgan fingerprint density at radius 3 is 2.69 bits per heavy atom. The SMILES string of the molecule is O=C1CSCC1C1CC2CCC1C2. The van der Waals surface area contributed by atoms with Crippen LogP contribution in [0, 0.1) is 23.7 Å². The molecule has 0 aromatic rings. The van der Waals surface area contributed by atoms with Gasteiger partial charge in [-0.1, -0.05) is 6.42 Å². The molecule has 0 amide bonds. The van der Waals surface area contributed by atoms with Crippen LogP contribution >= 0.6 is 11.8 Å². The molecule has 3 rings (SSSR count). The van der Waals surface area contributed by atoms with Gasteiger partial charge in [0.1, 0.15) is 5.78 Å². The molecule has 3 fully saturated rings. The lowest BCUT2D eigenvalue weighted by Gasteiger charge is -2.25. The van der Waals surface area contributed by atoms with Crippen LogP contribution in [0.5, 0.6) is 0 Å². The lowest BCUT2D eigenvalue weighted by molar-refractivity contribution is -0.121. The third-order valence-corrected chi connectivity index (χ3v) is 5.35. The highest BCUT2D eigenvalue weighted by atomic mass is 32.2. The molecule has 0 N–H and O–H groups in total. The van der Waals surface area contributed by atoms with E-state index in [2.05, 4.69) is 0 Å². The predicted molar refractivity (Wildman–Crippen MR) is 54.8 cm³/mol. The summed E-state index contributed by atoms with van der Waals surface area (Å²) < 4.78 is 0. The van der Waals surface area contributed by atoms with Crippen molar-refractivity contribution in [3.8, 4) is 0 Å². The fraction of sp³-hybridized carbons (Fsp3) is 0.909. The van der Waals surface area contributed by atoms with Gasteiger partial charge in [0.25, 0.3) is 0 Å². The molecular weight excluding hydrogens is 180 g/mol. The van der Waals surface area contributed by atoms with Crippen LogP contribution in [0.2, 0.25) is 0 Å². The topological polar surface area (TPSA) is 17.1 Å². The molecule has 0 radical (unpaired) electrons. The maximum Gasteiger partial charge on any atom is 0.146 e. The monoisotopic (exact) mass is 196 g/mol. The van der Waals surface area contributed by atoms with Gasteiger partial charge in [0.15, 0.2) is 0 Å². The minimum absolute atomic E-state index is 0.459. The zero-order valence-electron chi connectivity index (χ0n) is 7.87. The van der Waals surface area contributed by atoms with Crippen LogP contribution in [0.15, 0.2) is 0 Å². The smallest absolute Gasteiger partial charge is 0.146 e. The molecule has 2 saturated carbocycles. The van der Waals surface area contributed by atoms with E-state index in [0.29, 0.717) is 11.7 Å². The number of Topliss-reactive ketones (excluding diaryl/α,β-unsaturated/α-hetero) is 1. The normalized spacial score (nSPS) is 49.1. The molecule has 1 aliphatic heterocycles. The third-order valence-electron chi connectivity index (χ3n) is 4.26. The highest BCUT2D eigenvalue weighted by Gasteiger charge is 2.46. The molecule has 2 aliphatic carbocycles. The fourth-order valence-corrected chi connectivity index (χ4v) is 4.86. The molecule has 1 heterocycles. The molecule has 1 saturated heterocycles. The van der Waals surface area contributed by atoms with Crippen LogP contribution in [0.25, 0.3) is 0 Å².